The fraction of sp³-hybridized carbons (Fsp3) is 0.724. The van der Waals surface area contributed by atoms with E-state index in [0.717, 1.165) is 18.6 Å². The summed E-state index contributed by atoms with van der Waals surface area (Å²) in [7, 11) is 0. The number of likely N-dealkylation sites (tertiary alicyclic amines) is 1. The molecule has 1 aromatic rings. The van der Waals surface area contributed by atoms with Gasteiger partial charge < -0.3 is 24.7 Å². The van der Waals surface area contributed by atoms with Crippen LogP contribution in [-0.2, 0) is 24.9 Å². The van der Waals surface area contributed by atoms with Crippen molar-refractivity contribution in [2.45, 2.75) is 104 Å². The van der Waals surface area contributed by atoms with Crippen molar-refractivity contribution in [1.29, 1.82) is 0 Å². The number of amides is 3. The smallest absolute Gasteiger partial charge is 0.410 e. The number of nitrogens with zero attached hydrogens (tertiary/aromatic N) is 1. The number of carbonyl (C=O) groups excluding carboxylic acids is 4. The van der Waals surface area contributed by atoms with E-state index in [1.807, 2.05) is 53.7 Å². The van der Waals surface area contributed by atoms with Crippen molar-refractivity contribution in [3.05, 3.63) is 24.2 Å². The molecule has 0 unspecified atom stereocenters. The van der Waals surface area contributed by atoms with E-state index in [1.54, 1.807) is 11.2 Å². The maximum Gasteiger partial charge on any atom is 0.410 e. The zero-order chi connectivity index (χ0) is 29.0. The summed E-state index contributed by atoms with van der Waals surface area (Å²) < 4.78 is 10.8. The zero-order valence-corrected chi connectivity index (χ0v) is 25.2. The van der Waals surface area contributed by atoms with Gasteiger partial charge in [-0.3, -0.25) is 14.4 Å². The molecule has 39 heavy (non-hydrogen) atoms. The molecule has 0 bridgehead atoms. The maximum atomic E-state index is 13.3. The highest BCUT2D eigenvalue weighted by Gasteiger charge is 2.33. The molecular weight excluding hydrogens is 518 g/mol. The molecule has 10 heteroatoms. The lowest BCUT2D eigenvalue weighted by Crippen LogP contribution is -2.54. The van der Waals surface area contributed by atoms with Crippen LogP contribution < -0.4 is 10.6 Å². The highest BCUT2D eigenvalue weighted by atomic mass is 32.2. The highest BCUT2D eigenvalue weighted by molar-refractivity contribution is 7.99. The molecule has 9 nitrogen and oxygen atoms in total. The van der Waals surface area contributed by atoms with Crippen LogP contribution in [-0.4, -0.2) is 65.1 Å². The number of ether oxygens (including phenoxy) is 1. The predicted molar refractivity (Wildman–Crippen MR) is 153 cm³/mol. The fourth-order valence-electron chi connectivity index (χ4n) is 4.38. The van der Waals surface area contributed by atoms with Crippen molar-refractivity contribution in [2.75, 3.05) is 18.8 Å². The Morgan fingerprint density at radius 2 is 1.82 bits per heavy atom. The molecule has 1 fully saturated rings. The van der Waals surface area contributed by atoms with Crippen molar-refractivity contribution in [2.24, 2.45) is 11.8 Å². The Hall–Kier alpha value is -2.49. The minimum atomic E-state index is -0.728. The number of nitrogens with one attached hydrogen (secondary N) is 2. The fourth-order valence-corrected chi connectivity index (χ4v) is 5.25. The molecule has 2 N–H and O–H groups in total. The van der Waals surface area contributed by atoms with Gasteiger partial charge in [-0.05, 0) is 64.5 Å². The normalized spacial score (nSPS) is 16.0. The largest absolute Gasteiger partial charge is 0.468 e. The van der Waals surface area contributed by atoms with Gasteiger partial charge in [0, 0.05) is 19.0 Å². The van der Waals surface area contributed by atoms with E-state index in [4.69, 9.17) is 9.15 Å². The number of Topliss-reactive ketones (excluding diaryl/α,β-unsaturated/α-hetero) is 1. The van der Waals surface area contributed by atoms with Crippen LogP contribution in [0.3, 0.4) is 0 Å². The Bertz CT molecular complexity index is 920. The maximum absolute atomic E-state index is 13.3. The van der Waals surface area contributed by atoms with Gasteiger partial charge >= 0.3 is 6.09 Å². The third kappa shape index (κ3) is 12.1. The number of unbranched alkanes of at least 4 members (excludes halogenated alkanes) is 1. The lowest BCUT2D eigenvalue weighted by atomic mass is 9.94. The summed E-state index contributed by atoms with van der Waals surface area (Å²) in [4.78, 5) is 53.5. The summed E-state index contributed by atoms with van der Waals surface area (Å²) in [5.41, 5.74) is -0.572. The van der Waals surface area contributed by atoms with E-state index >= 15 is 0 Å². The van der Waals surface area contributed by atoms with Crippen molar-refractivity contribution in [1.82, 2.24) is 15.5 Å². The highest BCUT2D eigenvalue weighted by Crippen LogP contribution is 2.21. The average molecular weight is 566 g/mol. The standard InChI is InChI=1S/C29H47N3O6S/c1-7-8-11-23(25(33)19-39-18-22-10-9-16-37-22)30-27(35)24(17-20(2)3)31-26(34)21-12-14-32(15-13-21)28(36)38-29(4,5)6/h9-10,16,20-21,23-24H,7-8,11-15,17-19H2,1-6H3,(H,30,35)(H,31,34)/t23-,24-/m0/s1. The summed E-state index contributed by atoms with van der Waals surface area (Å²) in [6, 6.07) is 2.36. The molecule has 2 atom stereocenters. The Kier molecular flexibility index (Phi) is 13.4. The van der Waals surface area contributed by atoms with Gasteiger partial charge in [0.25, 0.3) is 0 Å². The van der Waals surface area contributed by atoms with Crippen LogP contribution in [0.15, 0.2) is 22.8 Å². The molecule has 1 aliphatic rings. The molecule has 0 aliphatic carbocycles. The van der Waals surface area contributed by atoms with Crippen LogP contribution in [0, 0.1) is 11.8 Å². The second-order valence-corrected chi connectivity index (χ2v) is 12.7. The van der Waals surface area contributed by atoms with E-state index in [0.29, 0.717) is 44.5 Å². The Balaban J connectivity index is 1.94. The van der Waals surface area contributed by atoms with Crippen LogP contribution in [0.1, 0.15) is 85.8 Å². The lowest BCUT2D eigenvalue weighted by molar-refractivity contribution is -0.133. The topological polar surface area (TPSA) is 118 Å². The molecule has 3 amide bonds. The third-order valence-electron chi connectivity index (χ3n) is 6.48. The summed E-state index contributed by atoms with van der Waals surface area (Å²) >= 11 is 1.46. The molecule has 1 saturated heterocycles. The quantitative estimate of drug-likeness (QED) is 0.328. The molecule has 2 rings (SSSR count). The molecule has 0 aromatic carbocycles. The first kappa shape index (κ1) is 32.7. The van der Waals surface area contributed by atoms with E-state index in [9.17, 15) is 19.2 Å². The van der Waals surface area contributed by atoms with E-state index in [-0.39, 0.29) is 41.3 Å². The molecular formula is C29H47N3O6S. The van der Waals surface area contributed by atoms with Gasteiger partial charge in [0.15, 0.2) is 5.78 Å². The lowest BCUT2D eigenvalue weighted by Gasteiger charge is -2.33. The summed E-state index contributed by atoms with van der Waals surface area (Å²) in [5.74, 6) is 0.999. The number of thioether (sulfide) groups is 1. The zero-order valence-electron chi connectivity index (χ0n) is 24.4. The van der Waals surface area contributed by atoms with Crippen molar-refractivity contribution in [3.63, 3.8) is 0 Å². The van der Waals surface area contributed by atoms with Gasteiger partial charge in [-0.1, -0.05) is 33.6 Å². The van der Waals surface area contributed by atoms with Crippen LogP contribution in [0.4, 0.5) is 4.79 Å². The second kappa shape index (κ2) is 15.9. The number of rotatable bonds is 14. The summed E-state index contributed by atoms with van der Waals surface area (Å²) in [6.07, 6.45) is 5.00. The van der Waals surface area contributed by atoms with Gasteiger partial charge in [-0.25, -0.2) is 4.79 Å². The van der Waals surface area contributed by atoms with Gasteiger partial charge in [0.2, 0.25) is 11.8 Å². The second-order valence-electron chi connectivity index (χ2n) is 11.7. The summed E-state index contributed by atoms with van der Waals surface area (Å²) in [5, 5.41) is 5.89. The number of ketones is 1. The van der Waals surface area contributed by atoms with Crippen molar-refractivity contribution in [3.8, 4) is 0 Å². The number of hydrogen-bond donors (Lipinski definition) is 2. The Morgan fingerprint density at radius 3 is 2.38 bits per heavy atom. The van der Waals surface area contributed by atoms with Gasteiger partial charge in [0.1, 0.15) is 17.4 Å². The first-order valence-electron chi connectivity index (χ1n) is 14.1. The number of piperidine rings is 1. The van der Waals surface area contributed by atoms with Gasteiger partial charge in [-0.2, -0.15) is 0 Å². The third-order valence-corrected chi connectivity index (χ3v) is 7.46. The molecule has 0 spiro atoms. The predicted octanol–water partition coefficient (Wildman–Crippen LogP) is 4.93. The molecule has 220 valence electrons. The average Bonchev–Trinajstić information content (AvgIpc) is 3.38. The monoisotopic (exact) mass is 565 g/mol. The number of furan rings is 1. The molecule has 1 aromatic heterocycles. The molecule has 0 saturated carbocycles. The number of carbonyl (C=O) groups is 4. The first-order chi connectivity index (χ1) is 18.4. The van der Waals surface area contributed by atoms with Crippen LogP contribution >= 0.6 is 11.8 Å². The van der Waals surface area contributed by atoms with E-state index in [2.05, 4.69) is 10.6 Å². The Morgan fingerprint density at radius 1 is 1.13 bits per heavy atom. The SMILES string of the molecule is CCCC[C@H](NC(=O)[C@H](CC(C)C)NC(=O)C1CCN(C(=O)OC(C)(C)C)CC1)C(=O)CSCc1ccco1. The molecule has 2 heterocycles. The van der Waals surface area contributed by atoms with E-state index in [1.165, 1.54) is 11.8 Å². The first-order valence-corrected chi connectivity index (χ1v) is 15.3. The molecule has 1 aliphatic heterocycles. The van der Waals surface area contributed by atoms with Crippen LogP contribution in [0.25, 0.3) is 0 Å². The minimum Gasteiger partial charge on any atom is -0.468 e. The van der Waals surface area contributed by atoms with Gasteiger partial charge in [0.05, 0.1) is 23.8 Å². The minimum absolute atomic E-state index is 0.0301. The molecule has 0 radical (unpaired) electrons. The summed E-state index contributed by atoms with van der Waals surface area (Å²) in [6.45, 7) is 12.4. The Labute approximate surface area is 237 Å². The van der Waals surface area contributed by atoms with E-state index < -0.39 is 17.7 Å². The van der Waals surface area contributed by atoms with Crippen LogP contribution in [0.2, 0.25) is 0 Å². The number of hydrogen-bond acceptors (Lipinski definition) is 7. The van der Waals surface area contributed by atoms with Gasteiger partial charge in [-0.15, -0.1) is 11.8 Å². The van der Waals surface area contributed by atoms with Crippen molar-refractivity contribution >= 4 is 35.5 Å². The van der Waals surface area contributed by atoms with Crippen LogP contribution in [0.5, 0.6) is 0 Å². The van der Waals surface area contributed by atoms with Crippen molar-refractivity contribution < 1.29 is 28.3 Å².